The molecule has 0 spiro atoms. The number of nitrogens with one attached hydrogen (secondary N) is 1. The van der Waals surface area contributed by atoms with E-state index in [0.29, 0.717) is 17.4 Å². The van der Waals surface area contributed by atoms with Gasteiger partial charge < -0.3 is 10.1 Å². The number of amides is 1. The Balaban J connectivity index is 1.31. The molecule has 2 aromatic rings. The Labute approximate surface area is 152 Å². The standard InChI is InChI=1S/C22H21NO3/c24-21(23-19-4-2-1-3-5-19)17-9-6-15(7-10-17)14-26-22(25)20-13-16-8-11-18(20)12-16/h1-11,16,18,20H,12-14H2,(H,23,24)/t16-,18-,20+/m0/s1. The van der Waals surface area contributed by atoms with E-state index in [0.717, 1.165) is 24.1 Å². The molecule has 4 rings (SSSR count). The molecule has 2 aromatic carbocycles. The first kappa shape index (κ1) is 16.6. The maximum Gasteiger partial charge on any atom is 0.309 e. The van der Waals surface area contributed by atoms with Crippen LogP contribution < -0.4 is 5.32 Å². The third-order valence-electron chi connectivity index (χ3n) is 5.21. The third kappa shape index (κ3) is 3.54. The van der Waals surface area contributed by atoms with Crippen molar-refractivity contribution >= 4 is 17.6 Å². The van der Waals surface area contributed by atoms with Crippen LogP contribution in [-0.4, -0.2) is 11.9 Å². The van der Waals surface area contributed by atoms with Crippen molar-refractivity contribution < 1.29 is 14.3 Å². The fraction of sp³-hybridized carbons (Fsp3) is 0.273. The zero-order chi connectivity index (χ0) is 17.9. The van der Waals surface area contributed by atoms with E-state index < -0.39 is 0 Å². The summed E-state index contributed by atoms with van der Waals surface area (Å²) in [4.78, 5) is 24.5. The molecule has 0 saturated heterocycles. The molecule has 0 radical (unpaired) electrons. The first-order valence-electron chi connectivity index (χ1n) is 8.99. The van der Waals surface area contributed by atoms with Gasteiger partial charge in [0.05, 0.1) is 5.92 Å². The number of fused-ring (bicyclic) bond motifs is 2. The van der Waals surface area contributed by atoms with E-state index in [2.05, 4.69) is 17.5 Å². The Kier molecular flexibility index (Phi) is 4.57. The van der Waals surface area contributed by atoms with Gasteiger partial charge in [-0.15, -0.1) is 0 Å². The molecule has 4 nitrogen and oxygen atoms in total. The van der Waals surface area contributed by atoms with Crippen LogP contribution in [-0.2, 0) is 16.1 Å². The predicted molar refractivity (Wildman–Crippen MR) is 99.5 cm³/mol. The van der Waals surface area contributed by atoms with Gasteiger partial charge in [-0.25, -0.2) is 0 Å². The largest absolute Gasteiger partial charge is 0.461 e. The van der Waals surface area contributed by atoms with E-state index in [9.17, 15) is 9.59 Å². The highest BCUT2D eigenvalue weighted by molar-refractivity contribution is 6.04. The molecule has 1 fully saturated rings. The van der Waals surface area contributed by atoms with Crippen molar-refractivity contribution in [2.75, 3.05) is 5.32 Å². The summed E-state index contributed by atoms with van der Waals surface area (Å²) < 4.78 is 5.49. The van der Waals surface area contributed by atoms with Crippen LogP contribution in [0.25, 0.3) is 0 Å². The number of anilines is 1. The Bertz CT molecular complexity index is 826. The highest BCUT2D eigenvalue weighted by Crippen LogP contribution is 2.43. The third-order valence-corrected chi connectivity index (χ3v) is 5.21. The van der Waals surface area contributed by atoms with E-state index in [-0.39, 0.29) is 24.4 Å². The van der Waals surface area contributed by atoms with Crippen LogP contribution in [0, 0.1) is 17.8 Å². The predicted octanol–water partition coefficient (Wildman–Crippen LogP) is 4.19. The fourth-order valence-corrected chi connectivity index (χ4v) is 3.79. The molecule has 2 aliphatic carbocycles. The van der Waals surface area contributed by atoms with Crippen molar-refractivity contribution in [3.05, 3.63) is 77.9 Å². The molecular formula is C22H21NO3. The first-order valence-corrected chi connectivity index (χ1v) is 8.99. The normalized spacial score (nSPS) is 23.0. The first-order chi connectivity index (χ1) is 12.7. The van der Waals surface area contributed by atoms with Crippen molar-refractivity contribution in [2.24, 2.45) is 17.8 Å². The average Bonchev–Trinajstić information content (AvgIpc) is 3.31. The summed E-state index contributed by atoms with van der Waals surface area (Å²) in [5.74, 6) is 0.665. The lowest BCUT2D eigenvalue weighted by molar-refractivity contribution is -0.150. The van der Waals surface area contributed by atoms with Crippen molar-refractivity contribution in [3.63, 3.8) is 0 Å². The molecule has 3 atom stereocenters. The number of rotatable bonds is 5. The van der Waals surface area contributed by atoms with Crippen LogP contribution in [0.1, 0.15) is 28.8 Å². The highest BCUT2D eigenvalue weighted by Gasteiger charge is 2.40. The molecule has 1 N–H and O–H groups in total. The fourth-order valence-electron chi connectivity index (χ4n) is 3.79. The highest BCUT2D eigenvalue weighted by atomic mass is 16.5. The van der Waals surface area contributed by atoms with E-state index in [1.165, 1.54) is 0 Å². The topological polar surface area (TPSA) is 55.4 Å². The molecule has 0 aliphatic heterocycles. The summed E-state index contributed by atoms with van der Waals surface area (Å²) in [7, 11) is 0. The monoisotopic (exact) mass is 347 g/mol. The van der Waals surface area contributed by atoms with Crippen molar-refractivity contribution in [3.8, 4) is 0 Å². The zero-order valence-corrected chi connectivity index (χ0v) is 14.4. The molecule has 0 unspecified atom stereocenters. The minimum absolute atomic E-state index is 0.0147. The Morgan fingerprint density at radius 2 is 1.73 bits per heavy atom. The lowest BCUT2D eigenvalue weighted by atomic mass is 9.94. The van der Waals surface area contributed by atoms with Crippen molar-refractivity contribution in [2.45, 2.75) is 19.4 Å². The lowest BCUT2D eigenvalue weighted by Gasteiger charge is -2.16. The number of allylic oxidation sites excluding steroid dienone is 2. The Morgan fingerprint density at radius 3 is 2.38 bits per heavy atom. The number of hydrogen-bond acceptors (Lipinski definition) is 3. The van der Waals surface area contributed by atoms with Crippen LogP contribution in [0.3, 0.4) is 0 Å². The smallest absolute Gasteiger partial charge is 0.309 e. The number of carbonyl (C=O) groups excluding carboxylic acids is 2. The maximum absolute atomic E-state index is 12.3. The molecule has 2 aliphatic rings. The van der Waals surface area contributed by atoms with Gasteiger partial charge in [0.25, 0.3) is 5.91 Å². The van der Waals surface area contributed by atoms with Gasteiger partial charge in [-0.2, -0.15) is 0 Å². The molecule has 0 heterocycles. The summed E-state index contributed by atoms with van der Waals surface area (Å²) >= 11 is 0. The molecule has 132 valence electrons. The van der Waals surface area contributed by atoms with Gasteiger partial charge in [0.15, 0.2) is 0 Å². The van der Waals surface area contributed by atoms with Gasteiger partial charge in [-0.05, 0) is 54.5 Å². The Morgan fingerprint density at radius 1 is 0.962 bits per heavy atom. The van der Waals surface area contributed by atoms with Crippen LogP contribution in [0.4, 0.5) is 5.69 Å². The number of ether oxygens (including phenoxy) is 1. The zero-order valence-electron chi connectivity index (χ0n) is 14.4. The number of esters is 1. The average molecular weight is 347 g/mol. The molecule has 2 bridgehead atoms. The lowest BCUT2D eigenvalue weighted by Crippen LogP contribution is -2.21. The number of benzene rings is 2. The number of carbonyl (C=O) groups is 2. The molecule has 4 heteroatoms. The molecule has 1 saturated carbocycles. The quantitative estimate of drug-likeness (QED) is 0.652. The Hall–Kier alpha value is -2.88. The van der Waals surface area contributed by atoms with Gasteiger partial charge in [-0.3, -0.25) is 9.59 Å². The minimum atomic E-state index is -0.159. The number of hydrogen-bond donors (Lipinski definition) is 1. The van der Waals surface area contributed by atoms with Gasteiger partial charge in [-0.1, -0.05) is 42.5 Å². The SMILES string of the molecule is O=C(Nc1ccccc1)c1ccc(COC(=O)[C@@H]2C[C@H]3C=C[C@H]2C3)cc1. The van der Waals surface area contributed by atoms with Gasteiger partial charge >= 0.3 is 5.97 Å². The minimum Gasteiger partial charge on any atom is -0.461 e. The van der Waals surface area contributed by atoms with Gasteiger partial charge in [0, 0.05) is 11.3 Å². The van der Waals surface area contributed by atoms with Crippen LogP contribution in [0.2, 0.25) is 0 Å². The maximum atomic E-state index is 12.3. The van der Waals surface area contributed by atoms with E-state index in [1.807, 2.05) is 42.5 Å². The second-order valence-corrected chi connectivity index (χ2v) is 7.01. The molecule has 1 amide bonds. The second-order valence-electron chi connectivity index (χ2n) is 7.01. The molecular weight excluding hydrogens is 326 g/mol. The van der Waals surface area contributed by atoms with E-state index in [4.69, 9.17) is 4.74 Å². The summed E-state index contributed by atoms with van der Waals surface area (Å²) in [5.41, 5.74) is 2.21. The van der Waals surface area contributed by atoms with Crippen LogP contribution in [0.5, 0.6) is 0 Å². The summed E-state index contributed by atoms with van der Waals surface area (Å²) in [6.07, 6.45) is 6.37. The molecule has 0 aromatic heterocycles. The molecule has 26 heavy (non-hydrogen) atoms. The summed E-state index contributed by atoms with van der Waals surface area (Å²) in [6.45, 7) is 0.247. The summed E-state index contributed by atoms with van der Waals surface area (Å²) in [6, 6.07) is 16.5. The van der Waals surface area contributed by atoms with Crippen LogP contribution >= 0.6 is 0 Å². The second kappa shape index (κ2) is 7.16. The van der Waals surface area contributed by atoms with Gasteiger partial charge in [0.1, 0.15) is 6.61 Å². The van der Waals surface area contributed by atoms with Crippen molar-refractivity contribution in [1.82, 2.24) is 0 Å². The van der Waals surface area contributed by atoms with Crippen molar-refractivity contribution in [1.29, 1.82) is 0 Å². The van der Waals surface area contributed by atoms with E-state index in [1.54, 1.807) is 12.1 Å². The summed E-state index contributed by atoms with van der Waals surface area (Å²) in [5, 5.41) is 2.85. The van der Waals surface area contributed by atoms with Gasteiger partial charge in [0.2, 0.25) is 0 Å². The van der Waals surface area contributed by atoms with E-state index >= 15 is 0 Å². The van der Waals surface area contributed by atoms with Crippen LogP contribution in [0.15, 0.2) is 66.7 Å². The number of para-hydroxylation sites is 1.